The lowest BCUT2D eigenvalue weighted by Crippen LogP contribution is -2.38. The van der Waals surface area contributed by atoms with Crippen LogP contribution in [0.5, 0.6) is 0 Å². The second-order valence-corrected chi connectivity index (χ2v) is 8.74. The van der Waals surface area contributed by atoms with Crippen molar-refractivity contribution in [3.8, 4) is 10.4 Å². The monoisotopic (exact) mass is 453 g/mol. The number of amides is 1. The van der Waals surface area contributed by atoms with Gasteiger partial charge in [-0.25, -0.2) is 4.98 Å². The Morgan fingerprint density at radius 3 is 2.70 bits per heavy atom. The minimum Gasteiger partial charge on any atom is -0.346 e. The van der Waals surface area contributed by atoms with Gasteiger partial charge >= 0.3 is 6.18 Å². The fourth-order valence-electron chi connectivity index (χ4n) is 2.66. The number of carbonyl (C=O) groups excluding carboxylic acids is 1. The summed E-state index contributed by atoms with van der Waals surface area (Å²) in [7, 11) is 0. The molecule has 0 aliphatic heterocycles. The van der Waals surface area contributed by atoms with Crippen LogP contribution in [0, 0.1) is 0 Å². The highest BCUT2D eigenvalue weighted by Crippen LogP contribution is 2.32. The average molecular weight is 454 g/mol. The zero-order valence-corrected chi connectivity index (χ0v) is 17.5. The van der Waals surface area contributed by atoms with Crippen LogP contribution in [-0.4, -0.2) is 33.4 Å². The number of rotatable bonds is 7. The van der Waals surface area contributed by atoms with Gasteiger partial charge in [-0.1, -0.05) is 48.2 Å². The molecule has 0 saturated carbocycles. The van der Waals surface area contributed by atoms with Gasteiger partial charge < -0.3 is 5.32 Å². The third-order valence-electron chi connectivity index (χ3n) is 4.08. The Labute approximate surface area is 178 Å². The van der Waals surface area contributed by atoms with E-state index in [9.17, 15) is 22.8 Å². The molecule has 0 aliphatic rings. The number of thioether (sulfide) groups is 1. The van der Waals surface area contributed by atoms with Gasteiger partial charge in [-0.3, -0.25) is 14.2 Å². The van der Waals surface area contributed by atoms with E-state index in [-0.39, 0.29) is 17.3 Å². The lowest BCUT2D eigenvalue weighted by molar-refractivity contribution is -0.137. The highest BCUT2D eigenvalue weighted by molar-refractivity contribution is 8.00. The molecule has 5 nitrogen and oxygen atoms in total. The van der Waals surface area contributed by atoms with E-state index in [1.165, 1.54) is 28.9 Å². The van der Waals surface area contributed by atoms with E-state index < -0.39 is 23.9 Å². The molecular formula is C20H18F3N3O2S2. The molecule has 0 radical (unpaired) electrons. The van der Waals surface area contributed by atoms with Crippen LogP contribution in [0.1, 0.15) is 6.92 Å². The molecule has 10 heteroatoms. The van der Waals surface area contributed by atoms with Crippen molar-refractivity contribution >= 4 is 39.2 Å². The Hall–Kier alpha value is -2.59. The molecule has 0 fully saturated rings. The molecule has 0 aliphatic carbocycles. The zero-order valence-electron chi connectivity index (χ0n) is 15.9. The van der Waals surface area contributed by atoms with Crippen LogP contribution >= 0.6 is 23.1 Å². The number of benzene rings is 1. The first-order chi connectivity index (χ1) is 14.2. The van der Waals surface area contributed by atoms with Crippen LogP contribution in [-0.2, 0) is 11.3 Å². The Balaban J connectivity index is 1.95. The third kappa shape index (κ3) is 5.11. The highest BCUT2D eigenvalue weighted by atomic mass is 32.2. The van der Waals surface area contributed by atoms with Crippen LogP contribution < -0.4 is 10.9 Å². The minimum atomic E-state index is -4.49. The minimum absolute atomic E-state index is 0.166. The molecule has 0 spiro atoms. The molecule has 3 rings (SSSR count). The van der Waals surface area contributed by atoms with Gasteiger partial charge in [0.15, 0.2) is 5.16 Å². The van der Waals surface area contributed by atoms with Crippen molar-refractivity contribution in [3.05, 3.63) is 59.4 Å². The lowest BCUT2D eigenvalue weighted by atomic mass is 10.2. The summed E-state index contributed by atoms with van der Waals surface area (Å²) in [4.78, 5) is 30.4. The lowest BCUT2D eigenvalue weighted by Gasteiger charge is -2.15. The maximum absolute atomic E-state index is 13.0. The first kappa shape index (κ1) is 22.1. The summed E-state index contributed by atoms with van der Waals surface area (Å²) in [5, 5.41) is 1.23. The summed E-state index contributed by atoms with van der Waals surface area (Å²) < 4.78 is 38.9. The average Bonchev–Trinajstić information content (AvgIpc) is 3.13. The highest BCUT2D eigenvalue weighted by Gasteiger charge is 2.29. The number of hydrogen-bond donors (Lipinski definition) is 1. The van der Waals surface area contributed by atoms with Crippen molar-refractivity contribution in [2.24, 2.45) is 0 Å². The molecule has 1 N–H and O–H groups in total. The fraction of sp³-hybridized carbons (Fsp3) is 0.250. The van der Waals surface area contributed by atoms with Gasteiger partial charge in [-0.2, -0.15) is 13.2 Å². The third-order valence-corrected chi connectivity index (χ3v) is 6.33. The first-order valence-corrected chi connectivity index (χ1v) is 10.6. The molecule has 1 unspecified atom stereocenters. The molecule has 158 valence electrons. The molecule has 1 amide bonds. The Bertz CT molecular complexity index is 1120. The number of hydrogen-bond acceptors (Lipinski definition) is 5. The van der Waals surface area contributed by atoms with Crippen molar-refractivity contribution in [1.29, 1.82) is 0 Å². The molecular weight excluding hydrogens is 435 g/mol. The van der Waals surface area contributed by atoms with E-state index in [0.29, 0.717) is 10.2 Å². The largest absolute Gasteiger partial charge is 0.405 e. The zero-order chi connectivity index (χ0) is 21.9. The molecule has 0 saturated heterocycles. The maximum Gasteiger partial charge on any atom is 0.405 e. The van der Waals surface area contributed by atoms with Gasteiger partial charge in [0, 0.05) is 11.4 Å². The smallest absolute Gasteiger partial charge is 0.346 e. The standard InChI is InChI=1S/C20H18F3N3O2S2/c1-3-9-26-18(28)16-14(10-15(30-16)13-7-5-4-6-8-13)25-19(26)29-12(2)17(27)24-11-20(21,22)23/h3-8,10,12H,1,9,11H2,2H3,(H,24,27). The quantitative estimate of drug-likeness (QED) is 0.326. The molecule has 0 bridgehead atoms. The number of thiophene rings is 1. The summed E-state index contributed by atoms with van der Waals surface area (Å²) in [5.74, 6) is -0.785. The summed E-state index contributed by atoms with van der Waals surface area (Å²) in [6.07, 6.45) is -2.97. The van der Waals surface area contributed by atoms with Gasteiger partial charge in [-0.05, 0) is 18.6 Å². The van der Waals surface area contributed by atoms with E-state index >= 15 is 0 Å². The number of alkyl halides is 3. The van der Waals surface area contributed by atoms with Crippen LogP contribution in [0.3, 0.4) is 0 Å². The van der Waals surface area contributed by atoms with Gasteiger partial charge in [0.25, 0.3) is 5.56 Å². The van der Waals surface area contributed by atoms with E-state index in [4.69, 9.17) is 0 Å². The van der Waals surface area contributed by atoms with E-state index in [1.807, 2.05) is 35.6 Å². The van der Waals surface area contributed by atoms with Crippen LogP contribution in [0.4, 0.5) is 13.2 Å². The van der Waals surface area contributed by atoms with E-state index in [2.05, 4.69) is 11.6 Å². The molecule has 2 heterocycles. The van der Waals surface area contributed by atoms with Crippen molar-refractivity contribution in [1.82, 2.24) is 14.9 Å². The van der Waals surface area contributed by atoms with E-state index in [0.717, 1.165) is 22.2 Å². The number of allylic oxidation sites excluding steroid dienone is 1. The first-order valence-electron chi connectivity index (χ1n) is 8.91. The molecule has 1 atom stereocenters. The van der Waals surface area contributed by atoms with Crippen molar-refractivity contribution in [2.75, 3.05) is 6.54 Å². The van der Waals surface area contributed by atoms with Gasteiger partial charge in [-0.15, -0.1) is 17.9 Å². The van der Waals surface area contributed by atoms with Crippen molar-refractivity contribution < 1.29 is 18.0 Å². The molecule has 1 aromatic carbocycles. The van der Waals surface area contributed by atoms with Crippen LogP contribution in [0.2, 0.25) is 0 Å². The van der Waals surface area contributed by atoms with Gasteiger partial charge in [0.1, 0.15) is 11.2 Å². The molecule has 30 heavy (non-hydrogen) atoms. The number of fused-ring (bicyclic) bond motifs is 1. The Morgan fingerprint density at radius 2 is 2.07 bits per heavy atom. The number of nitrogens with zero attached hydrogens (tertiary/aromatic N) is 2. The van der Waals surface area contributed by atoms with E-state index in [1.54, 1.807) is 6.07 Å². The summed E-state index contributed by atoms with van der Waals surface area (Å²) in [6, 6.07) is 11.3. The fourth-order valence-corrected chi connectivity index (χ4v) is 4.65. The summed E-state index contributed by atoms with van der Waals surface area (Å²) in [6.45, 7) is 3.87. The van der Waals surface area contributed by atoms with Gasteiger partial charge in [0.05, 0.1) is 10.8 Å². The SMILES string of the molecule is C=CCn1c(SC(C)C(=O)NCC(F)(F)F)nc2cc(-c3ccccc3)sc2c1=O. The number of nitrogens with one attached hydrogen (secondary N) is 1. The second kappa shape index (κ2) is 9.05. The summed E-state index contributed by atoms with van der Waals surface area (Å²) in [5.41, 5.74) is 1.15. The van der Waals surface area contributed by atoms with Crippen LogP contribution in [0.25, 0.3) is 20.7 Å². The Morgan fingerprint density at radius 1 is 1.37 bits per heavy atom. The molecule has 3 aromatic rings. The van der Waals surface area contributed by atoms with Crippen molar-refractivity contribution in [2.45, 2.75) is 30.1 Å². The normalized spacial score (nSPS) is 12.7. The second-order valence-electron chi connectivity index (χ2n) is 6.38. The predicted octanol–water partition coefficient (Wildman–Crippen LogP) is 4.47. The molecule has 2 aromatic heterocycles. The Kier molecular flexibility index (Phi) is 6.67. The number of aromatic nitrogens is 2. The maximum atomic E-state index is 13.0. The predicted molar refractivity (Wildman–Crippen MR) is 114 cm³/mol. The summed E-state index contributed by atoms with van der Waals surface area (Å²) >= 11 is 2.25. The topological polar surface area (TPSA) is 64.0 Å². The van der Waals surface area contributed by atoms with Gasteiger partial charge in [0.2, 0.25) is 5.91 Å². The number of carbonyl (C=O) groups is 1. The van der Waals surface area contributed by atoms with Crippen molar-refractivity contribution in [3.63, 3.8) is 0 Å². The van der Waals surface area contributed by atoms with Crippen LogP contribution in [0.15, 0.2) is 59.0 Å². The number of halogens is 3.